The summed E-state index contributed by atoms with van der Waals surface area (Å²) in [5.74, 6) is 0.546. The number of thioether (sulfide) groups is 1. The average molecular weight is 252 g/mol. The first kappa shape index (κ1) is 14.1. The van der Waals surface area contributed by atoms with E-state index in [1.54, 1.807) is 0 Å². The van der Waals surface area contributed by atoms with Crippen LogP contribution in [0.1, 0.15) is 44.6 Å². The van der Waals surface area contributed by atoms with E-state index in [0.717, 1.165) is 17.7 Å². The summed E-state index contributed by atoms with van der Waals surface area (Å²) in [6, 6.07) is 8.32. The molecule has 0 saturated heterocycles. The Morgan fingerprint density at radius 3 is 2.41 bits per heavy atom. The first-order valence-electron chi connectivity index (χ1n) is 6.11. The fourth-order valence-corrected chi connectivity index (χ4v) is 2.53. The summed E-state index contributed by atoms with van der Waals surface area (Å²) in [5, 5.41) is 8.84. The minimum atomic E-state index is -0.721. The number of rotatable bonds is 7. The van der Waals surface area contributed by atoms with Crippen LogP contribution >= 0.6 is 11.8 Å². The van der Waals surface area contributed by atoms with Crippen molar-refractivity contribution in [1.29, 1.82) is 0 Å². The van der Waals surface area contributed by atoms with Gasteiger partial charge in [0.1, 0.15) is 0 Å². The van der Waals surface area contributed by atoms with Crippen molar-refractivity contribution in [2.24, 2.45) is 0 Å². The standard InChI is InChI=1S/C14H20O2S/c1-3-9-17-13-7-5-12(6-8-13)11(4-2)10-14(15)16/h5-8,11H,3-4,9-10H2,1-2H3,(H,15,16). The molecular weight excluding hydrogens is 232 g/mol. The van der Waals surface area contributed by atoms with Crippen molar-refractivity contribution in [3.63, 3.8) is 0 Å². The maximum atomic E-state index is 10.7. The minimum absolute atomic E-state index is 0.137. The van der Waals surface area contributed by atoms with E-state index >= 15 is 0 Å². The van der Waals surface area contributed by atoms with Gasteiger partial charge in [-0.2, -0.15) is 0 Å². The summed E-state index contributed by atoms with van der Waals surface area (Å²) in [6.07, 6.45) is 2.26. The highest BCUT2D eigenvalue weighted by atomic mass is 32.2. The first-order chi connectivity index (χ1) is 8.17. The van der Waals surface area contributed by atoms with Gasteiger partial charge in [-0.3, -0.25) is 4.79 Å². The van der Waals surface area contributed by atoms with E-state index in [-0.39, 0.29) is 12.3 Å². The van der Waals surface area contributed by atoms with Crippen LogP contribution in [0.5, 0.6) is 0 Å². The molecule has 1 N–H and O–H groups in total. The van der Waals surface area contributed by atoms with E-state index in [1.165, 1.54) is 11.3 Å². The molecule has 0 bridgehead atoms. The van der Waals surface area contributed by atoms with Crippen molar-refractivity contribution in [2.45, 2.75) is 43.9 Å². The van der Waals surface area contributed by atoms with E-state index in [1.807, 2.05) is 18.7 Å². The van der Waals surface area contributed by atoms with Gasteiger partial charge in [0.05, 0.1) is 6.42 Å². The largest absolute Gasteiger partial charge is 0.481 e. The highest BCUT2D eigenvalue weighted by molar-refractivity contribution is 7.99. The summed E-state index contributed by atoms with van der Waals surface area (Å²) >= 11 is 1.85. The van der Waals surface area contributed by atoms with Crippen LogP contribution in [0.2, 0.25) is 0 Å². The minimum Gasteiger partial charge on any atom is -0.481 e. The normalized spacial score (nSPS) is 12.4. The van der Waals surface area contributed by atoms with Crippen molar-refractivity contribution in [3.8, 4) is 0 Å². The molecule has 1 rings (SSSR count). The van der Waals surface area contributed by atoms with Gasteiger partial charge in [0.15, 0.2) is 0 Å². The Morgan fingerprint density at radius 1 is 1.29 bits per heavy atom. The van der Waals surface area contributed by atoms with Crippen LogP contribution < -0.4 is 0 Å². The number of hydrogen-bond donors (Lipinski definition) is 1. The molecule has 0 heterocycles. The molecule has 1 unspecified atom stereocenters. The molecule has 1 atom stereocenters. The zero-order valence-corrected chi connectivity index (χ0v) is 11.3. The number of hydrogen-bond acceptors (Lipinski definition) is 2. The Balaban J connectivity index is 2.67. The fraction of sp³-hybridized carbons (Fsp3) is 0.500. The number of benzene rings is 1. The van der Waals surface area contributed by atoms with Gasteiger partial charge in [-0.15, -0.1) is 11.8 Å². The maximum Gasteiger partial charge on any atom is 0.303 e. The van der Waals surface area contributed by atoms with Crippen molar-refractivity contribution >= 4 is 17.7 Å². The Hall–Kier alpha value is -0.960. The molecule has 3 heteroatoms. The van der Waals surface area contributed by atoms with Crippen LogP contribution in [0.15, 0.2) is 29.2 Å². The van der Waals surface area contributed by atoms with Gasteiger partial charge in [0, 0.05) is 4.90 Å². The number of carboxylic acids is 1. The molecule has 0 spiro atoms. The number of aliphatic carboxylic acids is 1. The zero-order chi connectivity index (χ0) is 12.7. The molecule has 0 aliphatic rings. The summed E-state index contributed by atoms with van der Waals surface area (Å²) in [6.45, 7) is 4.20. The summed E-state index contributed by atoms with van der Waals surface area (Å²) < 4.78 is 0. The fourth-order valence-electron chi connectivity index (χ4n) is 1.76. The summed E-state index contributed by atoms with van der Waals surface area (Å²) in [4.78, 5) is 12.0. The Labute approximate surface area is 107 Å². The SMILES string of the molecule is CCCSc1ccc(C(CC)CC(=O)O)cc1. The second kappa shape index (κ2) is 7.38. The van der Waals surface area contributed by atoms with Gasteiger partial charge >= 0.3 is 5.97 Å². The molecule has 0 aliphatic carbocycles. The third-order valence-corrected chi connectivity index (χ3v) is 3.96. The van der Waals surface area contributed by atoms with Crippen molar-refractivity contribution in [2.75, 3.05) is 5.75 Å². The van der Waals surface area contributed by atoms with Crippen molar-refractivity contribution in [3.05, 3.63) is 29.8 Å². The van der Waals surface area contributed by atoms with Gasteiger partial charge < -0.3 is 5.11 Å². The predicted molar refractivity (Wildman–Crippen MR) is 72.7 cm³/mol. The van der Waals surface area contributed by atoms with Gasteiger partial charge in [-0.1, -0.05) is 26.0 Å². The lowest BCUT2D eigenvalue weighted by molar-refractivity contribution is -0.137. The van der Waals surface area contributed by atoms with Gasteiger partial charge in [0.25, 0.3) is 0 Å². The predicted octanol–water partition coefficient (Wildman–Crippen LogP) is 4.16. The van der Waals surface area contributed by atoms with E-state index in [0.29, 0.717) is 0 Å². The quantitative estimate of drug-likeness (QED) is 0.740. The molecule has 0 aromatic heterocycles. The zero-order valence-electron chi connectivity index (χ0n) is 10.5. The first-order valence-corrected chi connectivity index (χ1v) is 7.10. The van der Waals surface area contributed by atoms with Crippen LogP contribution in [-0.4, -0.2) is 16.8 Å². The lowest BCUT2D eigenvalue weighted by Crippen LogP contribution is -2.05. The van der Waals surface area contributed by atoms with E-state index in [9.17, 15) is 4.79 Å². The topological polar surface area (TPSA) is 37.3 Å². The van der Waals surface area contributed by atoms with Crippen LogP contribution in [-0.2, 0) is 4.79 Å². The van der Waals surface area contributed by atoms with E-state index < -0.39 is 5.97 Å². The van der Waals surface area contributed by atoms with Crippen molar-refractivity contribution in [1.82, 2.24) is 0 Å². The molecule has 0 fully saturated rings. The van der Waals surface area contributed by atoms with Gasteiger partial charge in [0.2, 0.25) is 0 Å². The van der Waals surface area contributed by atoms with Gasteiger partial charge in [-0.25, -0.2) is 0 Å². The molecule has 17 heavy (non-hydrogen) atoms. The Morgan fingerprint density at radius 2 is 1.94 bits per heavy atom. The third kappa shape index (κ3) is 4.82. The Bertz CT molecular complexity index is 346. The molecule has 0 saturated carbocycles. The smallest absolute Gasteiger partial charge is 0.303 e. The second-order valence-corrected chi connectivity index (χ2v) is 5.29. The van der Waals surface area contributed by atoms with Gasteiger partial charge in [-0.05, 0) is 42.2 Å². The molecule has 1 aromatic carbocycles. The summed E-state index contributed by atoms with van der Waals surface area (Å²) in [5.41, 5.74) is 1.13. The highest BCUT2D eigenvalue weighted by Crippen LogP contribution is 2.26. The van der Waals surface area contributed by atoms with Crippen LogP contribution in [0, 0.1) is 0 Å². The number of carboxylic acid groups (broad SMARTS) is 1. The molecule has 0 amide bonds. The van der Waals surface area contributed by atoms with E-state index in [2.05, 4.69) is 31.2 Å². The highest BCUT2D eigenvalue weighted by Gasteiger charge is 2.13. The molecule has 0 aliphatic heterocycles. The van der Waals surface area contributed by atoms with Crippen LogP contribution in [0.4, 0.5) is 0 Å². The second-order valence-electron chi connectivity index (χ2n) is 4.12. The average Bonchev–Trinajstić information content (AvgIpc) is 2.34. The maximum absolute atomic E-state index is 10.7. The molecule has 1 aromatic rings. The molecule has 2 nitrogen and oxygen atoms in total. The monoisotopic (exact) mass is 252 g/mol. The van der Waals surface area contributed by atoms with Crippen LogP contribution in [0.25, 0.3) is 0 Å². The molecule has 94 valence electrons. The third-order valence-electron chi connectivity index (χ3n) is 2.74. The number of carbonyl (C=O) groups is 1. The molecule has 0 radical (unpaired) electrons. The Kier molecular flexibility index (Phi) is 6.12. The molecular formula is C14H20O2S. The summed E-state index contributed by atoms with van der Waals surface area (Å²) in [7, 11) is 0. The van der Waals surface area contributed by atoms with E-state index in [4.69, 9.17) is 5.11 Å². The van der Waals surface area contributed by atoms with Crippen molar-refractivity contribution < 1.29 is 9.90 Å². The lowest BCUT2D eigenvalue weighted by atomic mass is 9.93. The lowest BCUT2D eigenvalue weighted by Gasteiger charge is -2.13. The van der Waals surface area contributed by atoms with Crippen LogP contribution in [0.3, 0.4) is 0 Å².